The molecule has 11 aromatic rings. The smallest absolute Gasteiger partial charge is 0.160 e. The Morgan fingerprint density at radius 1 is 0.393 bits per heavy atom. The van der Waals surface area contributed by atoms with Gasteiger partial charge in [0.25, 0.3) is 0 Å². The van der Waals surface area contributed by atoms with E-state index in [0.717, 1.165) is 72.6 Å². The molecule has 0 aliphatic heterocycles. The molecule has 0 saturated heterocycles. The largest absolute Gasteiger partial charge is 0.231 e. The zero-order valence-electron chi connectivity index (χ0n) is 30.2. The van der Waals surface area contributed by atoms with Gasteiger partial charge in [-0.3, -0.25) is 0 Å². The summed E-state index contributed by atoms with van der Waals surface area (Å²) in [6.07, 6.45) is 0. The zero-order valence-corrected chi connectivity index (χ0v) is 31.0. The van der Waals surface area contributed by atoms with Crippen LogP contribution in [0, 0.1) is 0 Å². The monoisotopic (exact) mass is 732 g/mol. The number of pyridine rings is 1. The minimum atomic E-state index is 0.693. The van der Waals surface area contributed by atoms with Gasteiger partial charge in [-0.05, 0) is 47.3 Å². The van der Waals surface area contributed by atoms with Crippen LogP contribution in [-0.4, -0.2) is 19.6 Å². The highest BCUT2D eigenvalue weighted by Gasteiger charge is 2.22. The molecule has 56 heavy (non-hydrogen) atoms. The van der Waals surface area contributed by atoms with Crippen molar-refractivity contribution in [3.8, 4) is 67.5 Å². The van der Waals surface area contributed by atoms with Crippen molar-refractivity contribution in [2.45, 2.75) is 0 Å². The number of benzene rings is 7. The lowest BCUT2D eigenvalue weighted by Gasteiger charge is -2.12. The number of thiophene rings is 1. The first kappa shape index (κ1) is 32.2. The van der Waals surface area contributed by atoms with Crippen LogP contribution in [0.5, 0.6) is 0 Å². The fourth-order valence-corrected chi connectivity index (χ4v) is 9.04. The van der Waals surface area contributed by atoms with Crippen LogP contribution >= 0.6 is 11.3 Å². The summed E-state index contributed by atoms with van der Waals surface area (Å²) in [5.74, 6) is 0.693. The molecular formula is C51H32N4S. The second-order valence-corrected chi connectivity index (χ2v) is 15.1. The number of rotatable bonds is 6. The molecule has 0 amide bonds. The Morgan fingerprint density at radius 3 is 1.75 bits per heavy atom. The highest BCUT2D eigenvalue weighted by Crippen LogP contribution is 2.42. The minimum Gasteiger partial charge on any atom is -0.231 e. The maximum atomic E-state index is 5.43. The van der Waals surface area contributed by atoms with Crippen molar-refractivity contribution in [2.75, 3.05) is 0 Å². The lowest BCUT2D eigenvalue weighted by atomic mass is 9.95. The van der Waals surface area contributed by atoms with Crippen molar-refractivity contribution in [1.82, 2.24) is 19.6 Å². The first-order valence-electron chi connectivity index (χ1n) is 18.8. The maximum Gasteiger partial charge on any atom is 0.160 e. The molecule has 0 saturated carbocycles. The Bertz CT molecular complexity index is 3240. The lowest BCUT2D eigenvalue weighted by Crippen LogP contribution is -1.96. The van der Waals surface area contributed by atoms with E-state index in [-0.39, 0.29) is 0 Å². The molecule has 0 N–H and O–H groups in total. The average molecular weight is 733 g/mol. The quantitative estimate of drug-likeness (QED) is 0.171. The Hall–Kier alpha value is -7.21. The highest BCUT2D eigenvalue weighted by atomic mass is 32.1. The van der Waals surface area contributed by atoms with E-state index < -0.39 is 0 Å². The van der Waals surface area contributed by atoms with Crippen molar-refractivity contribution >= 4 is 47.8 Å². The third-order valence-corrected chi connectivity index (χ3v) is 11.8. The Kier molecular flexibility index (Phi) is 7.64. The summed E-state index contributed by atoms with van der Waals surface area (Å²) >= 11 is 1.83. The van der Waals surface area contributed by atoms with Crippen molar-refractivity contribution in [3.63, 3.8) is 0 Å². The first-order chi connectivity index (χ1) is 27.7. The number of hydrogen-bond acceptors (Lipinski definition) is 4. The second kappa shape index (κ2) is 13.3. The van der Waals surface area contributed by atoms with Crippen LogP contribution in [0.1, 0.15) is 0 Å². The molecule has 4 aromatic heterocycles. The van der Waals surface area contributed by atoms with Gasteiger partial charge in [0.15, 0.2) is 5.82 Å². The predicted octanol–water partition coefficient (Wildman–Crippen LogP) is 13.6. The van der Waals surface area contributed by atoms with E-state index in [1.807, 2.05) is 29.5 Å². The van der Waals surface area contributed by atoms with Gasteiger partial charge < -0.3 is 0 Å². The van der Waals surface area contributed by atoms with Crippen molar-refractivity contribution in [1.29, 1.82) is 0 Å². The first-order valence-corrected chi connectivity index (χ1v) is 19.6. The molecular weight excluding hydrogens is 701 g/mol. The summed E-state index contributed by atoms with van der Waals surface area (Å²) in [6.45, 7) is 0. The minimum absolute atomic E-state index is 0.693. The molecule has 0 atom stereocenters. The molecule has 0 unspecified atom stereocenters. The lowest BCUT2D eigenvalue weighted by molar-refractivity contribution is 0.979. The summed E-state index contributed by atoms with van der Waals surface area (Å²) < 4.78 is 4.70. The number of aromatic nitrogens is 4. The summed E-state index contributed by atoms with van der Waals surface area (Å²) in [4.78, 5) is 10.4. The third-order valence-electron chi connectivity index (χ3n) is 10.6. The molecule has 0 bridgehead atoms. The van der Waals surface area contributed by atoms with Crippen LogP contribution < -0.4 is 0 Å². The van der Waals surface area contributed by atoms with E-state index in [4.69, 9.17) is 15.1 Å². The van der Waals surface area contributed by atoms with Gasteiger partial charge in [0.2, 0.25) is 0 Å². The van der Waals surface area contributed by atoms with Gasteiger partial charge in [-0.2, -0.15) is 5.10 Å². The molecule has 262 valence electrons. The summed E-state index contributed by atoms with van der Waals surface area (Å²) in [7, 11) is 0. The molecule has 0 fully saturated rings. The average Bonchev–Trinajstić information content (AvgIpc) is 3.86. The van der Waals surface area contributed by atoms with E-state index in [1.54, 1.807) is 0 Å². The third kappa shape index (κ3) is 5.48. The van der Waals surface area contributed by atoms with Gasteiger partial charge >= 0.3 is 0 Å². The van der Waals surface area contributed by atoms with Crippen LogP contribution in [0.2, 0.25) is 0 Å². The fourth-order valence-electron chi connectivity index (χ4n) is 7.95. The van der Waals surface area contributed by atoms with E-state index in [2.05, 4.69) is 180 Å². The van der Waals surface area contributed by atoms with Crippen molar-refractivity contribution < 1.29 is 0 Å². The fraction of sp³-hybridized carbons (Fsp3) is 0. The summed E-state index contributed by atoms with van der Waals surface area (Å²) in [5, 5.41) is 10.3. The van der Waals surface area contributed by atoms with Gasteiger partial charge in [0, 0.05) is 58.9 Å². The Labute approximate surface area is 327 Å². The highest BCUT2D eigenvalue weighted by molar-refractivity contribution is 7.25. The standard InChI is InChI=1S/C51H32N4S/c1-4-15-33(16-5-1)45-31-36-21-10-11-24-40(36)50-48(49(54-55(45)50)34-17-6-2-7-18-34)39-23-14-22-37(29-39)43-32-44(53-51(52-43)35-19-8-3-9-20-35)38-27-28-47-42(30-38)41-25-12-13-26-46(41)56-47/h1-32H. The van der Waals surface area contributed by atoms with Gasteiger partial charge in [0.1, 0.15) is 5.69 Å². The number of nitrogens with zero attached hydrogens (tertiary/aromatic N) is 4. The Morgan fingerprint density at radius 2 is 0.982 bits per heavy atom. The van der Waals surface area contributed by atoms with E-state index >= 15 is 0 Å². The molecule has 4 nitrogen and oxygen atoms in total. The van der Waals surface area contributed by atoms with Gasteiger partial charge in [-0.1, -0.05) is 158 Å². The van der Waals surface area contributed by atoms with Crippen molar-refractivity contribution in [2.24, 2.45) is 0 Å². The molecule has 5 heteroatoms. The van der Waals surface area contributed by atoms with Gasteiger partial charge in [-0.25, -0.2) is 14.5 Å². The van der Waals surface area contributed by atoms with E-state index in [9.17, 15) is 0 Å². The molecule has 7 aromatic carbocycles. The van der Waals surface area contributed by atoms with Crippen LogP contribution in [0.4, 0.5) is 0 Å². The normalized spacial score (nSPS) is 11.6. The molecule has 0 aliphatic carbocycles. The zero-order chi connectivity index (χ0) is 37.0. The van der Waals surface area contributed by atoms with Gasteiger partial charge in [-0.15, -0.1) is 11.3 Å². The summed E-state index contributed by atoms with van der Waals surface area (Å²) in [5.41, 5.74) is 12.2. The summed E-state index contributed by atoms with van der Waals surface area (Å²) in [6, 6.07) is 68.4. The number of hydrogen-bond donors (Lipinski definition) is 0. The van der Waals surface area contributed by atoms with E-state index in [1.165, 1.54) is 25.6 Å². The predicted molar refractivity (Wildman–Crippen MR) is 234 cm³/mol. The SMILES string of the molecule is c1ccc(-c2nc(-c3cccc(-c4c(-c5ccccc5)nn5c(-c6ccccc6)cc6ccccc6c45)c3)cc(-c3ccc4sc5ccccc5c4c3)n2)cc1. The van der Waals surface area contributed by atoms with Gasteiger partial charge in [0.05, 0.1) is 22.6 Å². The molecule has 0 radical (unpaired) electrons. The molecule has 4 heterocycles. The topological polar surface area (TPSA) is 43.1 Å². The molecule has 0 spiro atoms. The molecule has 0 aliphatic rings. The van der Waals surface area contributed by atoms with E-state index in [0.29, 0.717) is 5.82 Å². The Balaban J connectivity index is 1.15. The maximum absolute atomic E-state index is 5.43. The second-order valence-electron chi connectivity index (χ2n) is 14.1. The van der Waals surface area contributed by atoms with Crippen LogP contribution in [0.3, 0.4) is 0 Å². The van der Waals surface area contributed by atoms with Crippen LogP contribution in [0.25, 0.3) is 104 Å². The van der Waals surface area contributed by atoms with Crippen molar-refractivity contribution in [3.05, 3.63) is 194 Å². The number of fused-ring (bicyclic) bond motifs is 6. The van der Waals surface area contributed by atoms with Crippen LogP contribution in [-0.2, 0) is 0 Å². The van der Waals surface area contributed by atoms with Crippen LogP contribution in [0.15, 0.2) is 194 Å². The molecule has 11 rings (SSSR count).